The first-order chi connectivity index (χ1) is 16.4. The van der Waals surface area contributed by atoms with Crippen molar-refractivity contribution in [3.05, 3.63) is 52.8 Å². The lowest BCUT2D eigenvalue weighted by Crippen LogP contribution is -2.44. The Labute approximate surface area is 208 Å². The van der Waals surface area contributed by atoms with Crippen LogP contribution in [0.15, 0.2) is 30.3 Å². The number of nitrogens with one attached hydrogen (secondary N) is 1. The van der Waals surface area contributed by atoms with Crippen LogP contribution in [-0.2, 0) is 16.8 Å². The van der Waals surface area contributed by atoms with E-state index in [-0.39, 0.29) is 29.6 Å². The lowest BCUT2D eigenvalue weighted by molar-refractivity contribution is -0.0704. The summed E-state index contributed by atoms with van der Waals surface area (Å²) in [6.45, 7) is 19.2. The molecule has 7 nitrogen and oxygen atoms in total. The number of carbonyl (C=O) groups is 1. The van der Waals surface area contributed by atoms with Gasteiger partial charge in [0.25, 0.3) is 5.91 Å². The SMILES string of the molecule is Cc1nn(C(C)(C)C)c2nc(C(C)C)cc(C(=O)Nc3ccccc3CN3CC(C)OC(C)C3)c12. The summed E-state index contributed by atoms with van der Waals surface area (Å²) < 4.78 is 7.83. The first-order valence-corrected chi connectivity index (χ1v) is 12.6. The molecule has 1 saturated heterocycles. The molecular weight excluding hydrogens is 438 g/mol. The molecule has 4 rings (SSSR count). The Morgan fingerprint density at radius 1 is 1.17 bits per heavy atom. The fourth-order valence-electron chi connectivity index (χ4n) is 4.88. The maximum atomic E-state index is 13.8. The third-order valence-electron chi connectivity index (χ3n) is 6.46. The number of hydrogen-bond donors (Lipinski definition) is 1. The molecule has 0 bridgehead atoms. The molecule has 1 N–H and O–H groups in total. The van der Waals surface area contributed by atoms with Gasteiger partial charge in [0.05, 0.1) is 34.4 Å². The zero-order valence-electron chi connectivity index (χ0n) is 22.3. The Morgan fingerprint density at radius 2 is 1.83 bits per heavy atom. The summed E-state index contributed by atoms with van der Waals surface area (Å²) in [5.41, 5.74) is 4.76. The van der Waals surface area contributed by atoms with E-state index < -0.39 is 0 Å². The number of aryl methyl sites for hydroxylation is 1. The molecule has 1 aromatic carbocycles. The molecule has 3 aromatic rings. The van der Waals surface area contributed by atoms with E-state index in [2.05, 4.69) is 64.7 Å². The van der Waals surface area contributed by atoms with Gasteiger partial charge in [-0.1, -0.05) is 32.0 Å². The Morgan fingerprint density at radius 3 is 2.46 bits per heavy atom. The summed E-state index contributed by atoms with van der Waals surface area (Å²) in [6.07, 6.45) is 0.393. The molecule has 2 atom stereocenters. The molecule has 0 radical (unpaired) electrons. The Kier molecular flexibility index (Phi) is 7.02. The lowest BCUT2D eigenvalue weighted by Gasteiger charge is -2.35. The van der Waals surface area contributed by atoms with Crippen LogP contribution in [0, 0.1) is 6.92 Å². The first-order valence-electron chi connectivity index (χ1n) is 12.6. The van der Waals surface area contributed by atoms with Crippen LogP contribution >= 0.6 is 0 Å². The Hall–Kier alpha value is -2.77. The number of benzene rings is 1. The summed E-state index contributed by atoms with van der Waals surface area (Å²) in [5.74, 6) is 0.0548. The minimum atomic E-state index is -0.248. The fourth-order valence-corrected chi connectivity index (χ4v) is 4.88. The molecule has 1 fully saturated rings. The summed E-state index contributed by atoms with van der Waals surface area (Å²) in [5, 5.41) is 8.80. The third kappa shape index (κ3) is 5.41. The van der Waals surface area contributed by atoms with E-state index in [1.807, 2.05) is 35.9 Å². The number of amides is 1. The maximum absolute atomic E-state index is 13.8. The normalized spacial score (nSPS) is 19.5. The molecule has 35 heavy (non-hydrogen) atoms. The molecule has 2 unspecified atom stereocenters. The van der Waals surface area contributed by atoms with Crippen LogP contribution in [0.25, 0.3) is 11.0 Å². The van der Waals surface area contributed by atoms with E-state index in [4.69, 9.17) is 14.8 Å². The largest absolute Gasteiger partial charge is 0.373 e. The standard InChI is InChI=1S/C28H39N5O2/c1-17(2)24-13-22(25-20(5)31-33(26(25)29-24)28(6,7)8)27(34)30-23-12-10-9-11-21(23)16-32-14-18(3)35-19(4)15-32/h9-13,17-19H,14-16H2,1-8H3,(H,30,34). The maximum Gasteiger partial charge on any atom is 0.256 e. The van der Waals surface area contributed by atoms with E-state index in [1.165, 1.54) is 0 Å². The summed E-state index contributed by atoms with van der Waals surface area (Å²) >= 11 is 0. The number of morpholine rings is 1. The Bertz CT molecular complexity index is 1210. The van der Waals surface area contributed by atoms with Gasteiger partial charge in [-0.25, -0.2) is 9.67 Å². The highest BCUT2D eigenvalue weighted by atomic mass is 16.5. The van der Waals surface area contributed by atoms with Gasteiger partial charge in [-0.15, -0.1) is 0 Å². The van der Waals surface area contributed by atoms with E-state index in [9.17, 15) is 4.79 Å². The van der Waals surface area contributed by atoms with E-state index >= 15 is 0 Å². The van der Waals surface area contributed by atoms with Crippen molar-refractivity contribution in [1.82, 2.24) is 19.7 Å². The van der Waals surface area contributed by atoms with E-state index in [1.54, 1.807) is 0 Å². The molecule has 1 amide bonds. The predicted molar refractivity (Wildman–Crippen MR) is 141 cm³/mol. The molecule has 0 saturated carbocycles. The molecule has 0 spiro atoms. The number of rotatable bonds is 5. The van der Waals surface area contributed by atoms with Crippen LogP contribution in [0.2, 0.25) is 0 Å². The fraction of sp³-hybridized carbons (Fsp3) is 0.536. The molecule has 188 valence electrons. The number of para-hydroxylation sites is 1. The van der Waals surface area contributed by atoms with Gasteiger partial charge in [0.15, 0.2) is 5.65 Å². The Balaban J connectivity index is 1.70. The van der Waals surface area contributed by atoms with Crippen LogP contribution in [-0.4, -0.2) is 50.9 Å². The molecule has 7 heteroatoms. The van der Waals surface area contributed by atoms with Gasteiger partial charge in [-0.2, -0.15) is 5.10 Å². The number of hydrogen-bond acceptors (Lipinski definition) is 5. The highest BCUT2D eigenvalue weighted by Gasteiger charge is 2.26. The molecule has 0 aliphatic carbocycles. The van der Waals surface area contributed by atoms with E-state index in [0.717, 1.165) is 53.3 Å². The quantitative estimate of drug-likeness (QED) is 0.527. The monoisotopic (exact) mass is 477 g/mol. The number of nitrogens with zero attached hydrogens (tertiary/aromatic N) is 4. The lowest BCUT2D eigenvalue weighted by atomic mass is 10.0. The van der Waals surface area contributed by atoms with Crippen molar-refractivity contribution in [2.45, 2.75) is 85.6 Å². The van der Waals surface area contributed by atoms with Crippen LogP contribution in [0.1, 0.15) is 81.7 Å². The van der Waals surface area contributed by atoms with Gasteiger partial charge in [0, 0.05) is 31.0 Å². The predicted octanol–water partition coefficient (Wildman–Crippen LogP) is 5.48. The molecular formula is C28H39N5O2. The summed E-state index contributed by atoms with van der Waals surface area (Å²) in [4.78, 5) is 21.1. The van der Waals surface area contributed by atoms with Crippen molar-refractivity contribution >= 4 is 22.6 Å². The summed E-state index contributed by atoms with van der Waals surface area (Å²) in [7, 11) is 0. The zero-order chi connectivity index (χ0) is 25.5. The van der Waals surface area contributed by atoms with Crippen molar-refractivity contribution in [2.24, 2.45) is 0 Å². The molecule has 2 aromatic heterocycles. The average molecular weight is 478 g/mol. The van der Waals surface area contributed by atoms with E-state index in [0.29, 0.717) is 5.56 Å². The number of pyridine rings is 1. The highest BCUT2D eigenvalue weighted by Crippen LogP contribution is 2.30. The van der Waals surface area contributed by atoms with Crippen LogP contribution < -0.4 is 5.32 Å². The molecule has 1 aliphatic heterocycles. The van der Waals surface area contributed by atoms with Crippen molar-refractivity contribution in [1.29, 1.82) is 0 Å². The van der Waals surface area contributed by atoms with Gasteiger partial charge in [-0.3, -0.25) is 9.69 Å². The van der Waals surface area contributed by atoms with Gasteiger partial charge < -0.3 is 10.1 Å². The van der Waals surface area contributed by atoms with Gasteiger partial charge in [0.1, 0.15) is 0 Å². The van der Waals surface area contributed by atoms with Crippen LogP contribution in [0.5, 0.6) is 0 Å². The summed E-state index contributed by atoms with van der Waals surface area (Å²) in [6, 6.07) is 9.99. The minimum absolute atomic E-state index is 0.132. The molecule has 3 heterocycles. The number of ether oxygens (including phenoxy) is 1. The number of fused-ring (bicyclic) bond motifs is 1. The average Bonchev–Trinajstić information content (AvgIpc) is 3.11. The smallest absolute Gasteiger partial charge is 0.256 e. The van der Waals surface area contributed by atoms with Crippen LogP contribution in [0.3, 0.4) is 0 Å². The number of anilines is 1. The van der Waals surface area contributed by atoms with Crippen molar-refractivity contribution in [2.75, 3.05) is 18.4 Å². The first kappa shape index (κ1) is 25.3. The minimum Gasteiger partial charge on any atom is -0.373 e. The van der Waals surface area contributed by atoms with Crippen LogP contribution in [0.4, 0.5) is 5.69 Å². The van der Waals surface area contributed by atoms with Crippen molar-refractivity contribution in [3.63, 3.8) is 0 Å². The number of carbonyl (C=O) groups excluding carboxylic acids is 1. The van der Waals surface area contributed by atoms with Crippen molar-refractivity contribution < 1.29 is 9.53 Å². The van der Waals surface area contributed by atoms with Gasteiger partial charge >= 0.3 is 0 Å². The second-order valence-corrected chi connectivity index (χ2v) is 11.2. The second-order valence-electron chi connectivity index (χ2n) is 11.2. The second kappa shape index (κ2) is 9.70. The number of aromatic nitrogens is 3. The zero-order valence-corrected chi connectivity index (χ0v) is 22.3. The van der Waals surface area contributed by atoms with Gasteiger partial charge in [0.2, 0.25) is 0 Å². The van der Waals surface area contributed by atoms with Gasteiger partial charge in [-0.05, 0) is 65.2 Å². The van der Waals surface area contributed by atoms with Crippen molar-refractivity contribution in [3.8, 4) is 0 Å². The topological polar surface area (TPSA) is 72.3 Å². The molecule has 1 aliphatic rings. The highest BCUT2D eigenvalue weighted by molar-refractivity contribution is 6.13. The third-order valence-corrected chi connectivity index (χ3v) is 6.46.